The highest BCUT2D eigenvalue weighted by Gasteiger charge is 2.20. The molecular weight excluding hydrogens is 384 g/mol. The molecule has 1 aliphatic rings. The van der Waals surface area contributed by atoms with E-state index >= 15 is 0 Å². The molecule has 1 fully saturated rings. The van der Waals surface area contributed by atoms with E-state index in [1.165, 1.54) is 31.0 Å². The van der Waals surface area contributed by atoms with E-state index in [4.69, 9.17) is 4.42 Å². The van der Waals surface area contributed by atoms with E-state index in [2.05, 4.69) is 22.3 Å². The van der Waals surface area contributed by atoms with E-state index in [1.54, 1.807) is 6.26 Å². The summed E-state index contributed by atoms with van der Waals surface area (Å²) in [6, 6.07) is 13.9. The Labute approximate surface area is 175 Å². The molecule has 0 N–H and O–H groups in total. The maximum absolute atomic E-state index is 12.8. The van der Waals surface area contributed by atoms with Crippen LogP contribution in [-0.4, -0.2) is 44.4 Å². The van der Waals surface area contributed by atoms with E-state index in [1.807, 2.05) is 39.8 Å². The summed E-state index contributed by atoms with van der Waals surface area (Å²) in [5, 5.41) is 9.45. The van der Waals surface area contributed by atoms with Gasteiger partial charge in [0, 0.05) is 13.1 Å². The fourth-order valence-electron chi connectivity index (χ4n) is 3.61. The lowest BCUT2D eigenvalue weighted by Gasteiger charge is -2.24. The smallest absolute Gasteiger partial charge is 0.233 e. The number of hydrogen-bond acceptors (Lipinski definition) is 5. The first-order valence-corrected chi connectivity index (χ1v) is 11.2. The number of nitrogens with zero attached hydrogens (tertiary/aromatic N) is 4. The average Bonchev–Trinajstić information content (AvgIpc) is 3.37. The molecule has 2 aromatic heterocycles. The molecule has 3 heterocycles. The van der Waals surface area contributed by atoms with Crippen LogP contribution in [0.3, 0.4) is 0 Å². The predicted octanol–water partition coefficient (Wildman–Crippen LogP) is 4.47. The zero-order valence-corrected chi connectivity index (χ0v) is 17.3. The Morgan fingerprint density at radius 3 is 2.45 bits per heavy atom. The molecule has 0 spiro atoms. The van der Waals surface area contributed by atoms with Gasteiger partial charge in [0.1, 0.15) is 0 Å². The van der Waals surface area contributed by atoms with Gasteiger partial charge in [0.05, 0.1) is 18.6 Å². The quantitative estimate of drug-likeness (QED) is 0.561. The Morgan fingerprint density at radius 1 is 0.966 bits per heavy atom. The molecule has 3 aromatic rings. The first kappa shape index (κ1) is 19.8. The predicted molar refractivity (Wildman–Crippen MR) is 114 cm³/mol. The van der Waals surface area contributed by atoms with Crippen LogP contribution in [0.2, 0.25) is 0 Å². The normalized spacial score (nSPS) is 15.1. The van der Waals surface area contributed by atoms with Crippen molar-refractivity contribution >= 4 is 17.7 Å². The molecule has 1 aromatic carbocycles. The summed E-state index contributed by atoms with van der Waals surface area (Å²) in [6.07, 6.45) is 7.56. The molecule has 1 aliphatic heterocycles. The third kappa shape index (κ3) is 5.09. The summed E-state index contributed by atoms with van der Waals surface area (Å²) in [5.41, 5.74) is 1.15. The van der Waals surface area contributed by atoms with Crippen LogP contribution >= 0.6 is 11.8 Å². The van der Waals surface area contributed by atoms with Gasteiger partial charge < -0.3 is 9.32 Å². The number of thioether (sulfide) groups is 1. The number of carbonyl (C=O) groups is 1. The monoisotopic (exact) mass is 410 g/mol. The number of aromatic nitrogens is 3. The molecule has 152 valence electrons. The van der Waals surface area contributed by atoms with Crippen molar-refractivity contribution in [3.8, 4) is 11.6 Å². The van der Waals surface area contributed by atoms with Gasteiger partial charge in [-0.3, -0.25) is 9.36 Å². The number of amides is 1. The van der Waals surface area contributed by atoms with Crippen LogP contribution in [-0.2, 0) is 11.3 Å². The number of carbonyl (C=O) groups excluding carboxylic acids is 1. The van der Waals surface area contributed by atoms with Crippen molar-refractivity contribution in [2.45, 2.75) is 43.8 Å². The summed E-state index contributed by atoms with van der Waals surface area (Å²) in [7, 11) is 0. The summed E-state index contributed by atoms with van der Waals surface area (Å²) >= 11 is 1.45. The Morgan fingerprint density at radius 2 is 1.72 bits per heavy atom. The van der Waals surface area contributed by atoms with Crippen molar-refractivity contribution in [1.82, 2.24) is 19.7 Å². The van der Waals surface area contributed by atoms with E-state index in [0.717, 1.165) is 36.7 Å². The van der Waals surface area contributed by atoms with E-state index in [9.17, 15) is 4.79 Å². The van der Waals surface area contributed by atoms with Crippen LogP contribution in [0, 0.1) is 0 Å². The second kappa shape index (κ2) is 9.78. The van der Waals surface area contributed by atoms with Crippen molar-refractivity contribution in [3.63, 3.8) is 0 Å². The highest BCUT2D eigenvalue weighted by Crippen LogP contribution is 2.26. The molecule has 0 bridgehead atoms. The van der Waals surface area contributed by atoms with Gasteiger partial charge in [-0.15, -0.1) is 10.2 Å². The van der Waals surface area contributed by atoms with Gasteiger partial charge in [-0.25, -0.2) is 0 Å². The Bertz CT molecular complexity index is 900. The van der Waals surface area contributed by atoms with Gasteiger partial charge in [0.2, 0.25) is 11.7 Å². The third-order valence-electron chi connectivity index (χ3n) is 5.18. The highest BCUT2D eigenvalue weighted by atomic mass is 32.2. The second-order valence-electron chi connectivity index (χ2n) is 7.29. The summed E-state index contributed by atoms with van der Waals surface area (Å²) < 4.78 is 7.58. The van der Waals surface area contributed by atoms with Gasteiger partial charge in [-0.2, -0.15) is 0 Å². The van der Waals surface area contributed by atoms with Crippen molar-refractivity contribution < 1.29 is 9.21 Å². The van der Waals surface area contributed by atoms with E-state index in [-0.39, 0.29) is 5.91 Å². The zero-order valence-electron chi connectivity index (χ0n) is 16.5. The maximum atomic E-state index is 12.8. The van der Waals surface area contributed by atoms with Crippen LogP contribution in [0.1, 0.15) is 37.7 Å². The zero-order chi connectivity index (χ0) is 19.9. The number of likely N-dealkylation sites (tertiary alicyclic amines) is 1. The minimum atomic E-state index is 0.186. The van der Waals surface area contributed by atoms with Gasteiger partial charge in [-0.05, 0) is 30.5 Å². The van der Waals surface area contributed by atoms with E-state index < -0.39 is 0 Å². The highest BCUT2D eigenvalue weighted by molar-refractivity contribution is 7.99. The van der Waals surface area contributed by atoms with Crippen LogP contribution < -0.4 is 0 Å². The van der Waals surface area contributed by atoms with Crippen molar-refractivity contribution in [2.75, 3.05) is 18.8 Å². The van der Waals surface area contributed by atoms with Crippen LogP contribution in [0.5, 0.6) is 0 Å². The first-order valence-electron chi connectivity index (χ1n) is 10.2. The Kier molecular flexibility index (Phi) is 6.67. The Balaban J connectivity index is 1.50. The third-order valence-corrected chi connectivity index (χ3v) is 6.13. The molecule has 29 heavy (non-hydrogen) atoms. The maximum Gasteiger partial charge on any atom is 0.233 e. The van der Waals surface area contributed by atoms with Gasteiger partial charge >= 0.3 is 0 Å². The molecule has 6 nitrogen and oxygen atoms in total. The van der Waals surface area contributed by atoms with Crippen molar-refractivity contribution in [2.24, 2.45) is 0 Å². The van der Waals surface area contributed by atoms with Gasteiger partial charge in [0.25, 0.3) is 0 Å². The number of benzene rings is 1. The van der Waals surface area contributed by atoms with E-state index in [0.29, 0.717) is 23.9 Å². The molecule has 7 heteroatoms. The molecule has 0 atom stereocenters. The number of hydrogen-bond donors (Lipinski definition) is 0. The SMILES string of the molecule is O=C(CSc1nnc(-c2ccco2)n1Cc1ccccc1)N1CCCCCCC1. The van der Waals surface area contributed by atoms with Gasteiger partial charge in [0.15, 0.2) is 10.9 Å². The lowest BCUT2D eigenvalue weighted by molar-refractivity contribution is -0.128. The standard InChI is InChI=1S/C22H26N4O2S/c27-20(25-13-7-2-1-3-8-14-25)17-29-22-24-23-21(19-12-9-15-28-19)26(22)16-18-10-5-4-6-11-18/h4-6,9-12,15H,1-3,7-8,13-14,16-17H2. The lowest BCUT2D eigenvalue weighted by Crippen LogP contribution is -2.35. The fourth-order valence-corrected chi connectivity index (χ4v) is 4.45. The van der Waals surface area contributed by atoms with Crippen molar-refractivity contribution in [3.05, 3.63) is 54.3 Å². The summed E-state index contributed by atoms with van der Waals surface area (Å²) in [6.45, 7) is 2.37. The largest absolute Gasteiger partial charge is 0.461 e. The average molecular weight is 411 g/mol. The number of furan rings is 1. The minimum absolute atomic E-state index is 0.186. The van der Waals surface area contributed by atoms with Crippen LogP contribution in [0.15, 0.2) is 58.3 Å². The topological polar surface area (TPSA) is 64.2 Å². The second-order valence-corrected chi connectivity index (χ2v) is 8.23. The summed E-state index contributed by atoms with van der Waals surface area (Å²) in [5.74, 6) is 1.92. The van der Waals surface area contributed by atoms with Gasteiger partial charge in [-0.1, -0.05) is 61.4 Å². The molecule has 0 aliphatic carbocycles. The molecule has 1 amide bonds. The fraction of sp³-hybridized carbons (Fsp3) is 0.409. The first-order chi connectivity index (χ1) is 14.3. The lowest BCUT2D eigenvalue weighted by atomic mass is 10.1. The molecule has 0 saturated carbocycles. The van der Waals surface area contributed by atoms with Crippen LogP contribution in [0.4, 0.5) is 0 Å². The molecule has 0 radical (unpaired) electrons. The Hall–Kier alpha value is -2.54. The van der Waals surface area contributed by atoms with Crippen LogP contribution in [0.25, 0.3) is 11.6 Å². The number of rotatable bonds is 6. The minimum Gasteiger partial charge on any atom is -0.461 e. The summed E-state index contributed by atoms with van der Waals surface area (Å²) in [4.78, 5) is 14.8. The molecular formula is C22H26N4O2S. The molecule has 1 saturated heterocycles. The molecule has 4 rings (SSSR count). The van der Waals surface area contributed by atoms with Crippen molar-refractivity contribution in [1.29, 1.82) is 0 Å². The molecule has 0 unspecified atom stereocenters.